The van der Waals surface area contributed by atoms with E-state index >= 15 is 0 Å². The van der Waals surface area contributed by atoms with E-state index in [4.69, 9.17) is 0 Å². The number of quaternary nitrogens is 1. The largest absolute Gasteiger partial charge is 0.347 e. The zero-order chi connectivity index (χ0) is 17.9. The molecule has 2 N–H and O–H groups in total. The number of sulfonamides is 1. The summed E-state index contributed by atoms with van der Waals surface area (Å²) in [6.07, 6.45) is 0. The predicted molar refractivity (Wildman–Crippen MR) is 97.3 cm³/mol. The van der Waals surface area contributed by atoms with Crippen molar-refractivity contribution in [1.82, 2.24) is 9.62 Å². The lowest BCUT2D eigenvalue weighted by Gasteiger charge is -2.28. The van der Waals surface area contributed by atoms with Crippen LogP contribution in [-0.4, -0.2) is 51.9 Å². The lowest BCUT2D eigenvalue weighted by molar-refractivity contribution is -0.883. The van der Waals surface area contributed by atoms with Crippen LogP contribution in [0, 0.1) is 0 Å². The molecule has 1 saturated heterocycles. The van der Waals surface area contributed by atoms with Gasteiger partial charge in [-0.05, 0) is 24.3 Å². The van der Waals surface area contributed by atoms with E-state index in [9.17, 15) is 13.2 Å². The highest BCUT2D eigenvalue weighted by Gasteiger charge is 2.30. The number of thiophene rings is 1. The van der Waals surface area contributed by atoms with Crippen LogP contribution in [0.5, 0.6) is 0 Å². The first kappa shape index (κ1) is 18.1. The first-order valence-electron chi connectivity index (χ1n) is 8.20. The first-order valence-corrected chi connectivity index (χ1v) is 10.5. The number of piperazine rings is 1. The third kappa shape index (κ3) is 4.27. The molecule has 1 fully saturated rings. The van der Waals surface area contributed by atoms with Crippen molar-refractivity contribution < 1.29 is 18.1 Å². The van der Waals surface area contributed by atoms with Crippen molar-refractivity contribution in [2.45, 2.75) is 10.8 Å². The second-order valence-electron chi connectivity index (χ2n) is 6.13. The van der Waals surface area contributed by atoms with Gasteiger partial charge in [-0.2, -0.15) is 4.31 Å². The molecule has 1 aromatic heterocycles. The number of rotatable bonds is 5. The molecule has 25 heavy (non-hydrogen) atoms. The maximum Gasteiger partial charge on any atom is 0.252 e. The Kier molecular flexibility index (Phi) is 5.53. The summed E-state index contributed by atoms with van der Waals surface area (Å²) in [5, 5.41) is 2.83. The van der Waals surface area contributed by atoms with Crippen molar-refractivity contribution >= 4 is 27.3 Å². The maximum absolute atomic E-state index is 12.7. The van der Waals surface area contributed by atoms with Crippen LogP contribution in [-0.2, 0) is 16.6 Å². The quantitative estimate of drug-likeness (QED) is 0.778. The lowest BCUT2D eigenvalue weighted by Crippen LogP contribution is -3.12. The van der Waals surface area contributed by atoms with E-state index < -0.39 is 10.0 Å². The number of benzene rings is 1. The van der Waals surface area contributed by atoms with Gasteiger partial charge in [0, 0.05) is 10.4 Å². The second kappa shape index (κ2) is 7.65. The smallest absolute Gasteiger partial charge is 0.252 e. The van der Waals surface area contributed by atoms with Gasteiger partial charge in [-0.1, -0.05) is 18.2 Å². The summed E-state index contributed by atoms with van der Waals surface area (Å²) in [5.74, 6) is -0.166. The van der Waals surface area contributed by atoms with Gasteiger partial charge in [-0.3, -0.25) is 4.79 Å². The number of carbonyl (C=O) groups excluding carboxylic acids is 1. The second-order valence-corrected chi connectivity index (χ2v) is 9.46. The fourth-order valence-electron chi connectivity index (χ4n) is 2.69. The molecule has 0 unspecified atom stereocenters. The third-order valence-corrected chi connectivity index (χ3v) is 7.72. The number of carbonyl (C=O) groups is 1. The van der Waals surface area contributed by atoms with Crippen LogP contribution in [0.4, 0.5) is 0 Å². The number of amides is 1. The van der Waals surface area contributed by atoms with E-state index in [1.807, 2.05) is 18.2 Å². The molecule has 1 aromatic carbocycles. The molecular formula is C17H22N3O3S2+. The Balaban J connectivity index is 1.63. The van der Waals surface area contributed by atoms with Gasteiger partial charge in [0.15, 0.2) is 0 Å². The minimum atomic E-state index is -3.43. The molecule has 1 aliphatic rings. The van der Waals surface area contributed by atoms with Crippen molar-refractivity contribution in [2.75, 3.05) is 33.2 Å². The van der Waals surface area contributed by atoms with Gasteiger partial charge in [0.25, 0.3) is 15.9 Å². The van der Waals surface area contributed by atoms with E-state index in [0.29, 0.717) is 29.4 Å². The van der Waals surface area contributed by atoms with Crippen LogP contribution in [0.25, 0.3) is 0 Å². The van der Waals surface area contributed by atoms with Crippen LogP contribution in [0.3, 0.4) is 0 Å². The monoisotopic (exact) mass is 380 g/mol. The van der Waals surface area contributed by atoms with Gasteiger partial charge in [0.2, 0.25) is 0 Å². The van der Waals surface area contributed by atoms with E-state index in [1.165, 1.54) is 16.2 Å². The van der Waals surface area contributed by atoms with E-state index in [1.54, 1.807) is 28.6 Å². The molecule has 8 heteroatoms. The van der Waals surface area contributed by atoms with Gasteiger partial charge in [0.05, 0.1) is 39.8 Å². The Bertz CT molecular complexity index is 826. The van der Waals surface area contributed by atoms with Crippen LogP contribution in [0.15, 0.2) is 46.7 Å². The summed E-state index contributed by atoms with van der Waals surface area (Å²) in [6.45, 7) is 3.06. The number of hydrogen-bond donors (Lipinski definition) is 2. The molecule has 3 rings (SSSR count). The first-order chi connectivity index (χ1) is 12.0. The zero-order valence-corrected chi connectivity index (χ0v) is 15.7. The average molecular weight is 381 g/mol. The van der Waals surface area contributed by atoms with Crippen molar-refractivity contribution in [2.24, 2.45) is 0 Å². The summed E-state index contributed by atoms with van der Waals surface area (Å²) in [5.41, 5.74) is 0.590. The number of likely N-dealkylation sites (N-methyl/N-ethyl adjacent to an activating group) is 1. The molecule has 2 aromatic rings. The van der Waals surface area contributed by atoms with Gasteiger partial charge in [-0.15, -0.1) is 11.3 Å². The molecule has 1 aliphatic heterocycles. The van der Waals surface area contributed by atoms with Gasteiger partial charge >= 0.3 is 0 Å². The molecule has 0 saturated carbocycles. The average Bonchev–Trinajstić information content (AvgIpc) is 3.11. The highest BCUT2D eigenvalue weighted by Crippen LogP contribution is 2.25. The number of nitrogens with zero attached hydrogens (tertiary/aromatic N) is 1. The molecule has 0 radical (unpaired) electrons. The summed E-state index contributed by atoms with van der Waals surface area (Å²) < 4.78 is 27.3. The molecule has 0 spiro atoms. The standard InChI is InChI=1S/C17H21N3O3S2/c1-19-9-11-20(12-10-19)25(22,23)16-8-7-15(24-16)13-18-17(21)14-5-3-2-4-6-14/h2-8H,9-13H2,1H3,(H,18,21)/p+1. The molecule has 0 aliphatic carbocycles. The Morgan fingerprint density at radius 2 is 1.84 bits per heavy atom. The summed E-state index contributed by atoms with van der Waals surface area (Å²) >= 11 is 1.22. The highest BCUT2D eigenvalue weighted by atomic mass is 32.2. The molecular weight excluding hydrogens is 358 g/mol. The van der Waals surface area contributed by atoms with Gasteiger partial charge in [-0.25, -0.2) is 8.42 Å². The summed E-state index contributed by atoms with van der Waals surface area (Å²) in [6, 6.07) is 12.4. The van der Waals surface area contributed by atoms with Gasteiger partial charge in [0.1, 0.15) is 4.21 Å². The van der Waals surface area contributed by atoms with E-state index in [0.717, 1.165) is 18.0 Å². The molecule has 134 valence electrons. The molecule has 2 heterocycles. The molecule has 1 amide bonds. The molecule has 0 bridgehead atoms. The number of hydrogen-bond acceptors (Lipinski definition) is 4. The van der Waals surface area contributed by atoms with Crippen LogP contribution in [0.1, 0.15) is 15.2 Å². The van der Waals surface area contributed by atoms with E-state index in [2.05, 4.69) is 12.4 Å². The number of nitrogens with one attached hydrogen (secondary N) is 2. The molecule has 0 atom stereocenters. The topological polar surface area (TPSA) is 70.9 Å². The zero-order valence-electron chi connectivity index (χ0n) is 14.1. The Hall–Kier alpha value is -1.74. The Labute approximate surface area is 152 Å². The van der Waals surface area contributed by atoms with Crippen LogP contribution in [0.2, 0.25) is 0 Å². The van der Waals surface area contributed by atoms with Crippen molar-refractivity contribution in [1.29, 1.82) is 0 Å². The Morgan fingerprint density at radius 3 is 2.52 bits per heavy atom. The van der Waals surface area contributed by atoms with Crippen LogP contribution < -0.4 is 10.2 Å². The third-order valence-electron chi connectivity index (χ3n) is 4.27. The summed E-state index contributed by atoms with van der Waals surface area (Å²) in [7, 11) is -1.36. The summed E-state index contributed by atoms with van der Waals surface area (Å²) in [4.78, 5) is 14.2. The minimum Gasteiger partial charge on any atom is -0.347 e. The SMILES string of the molecule is C[NH+]1CCN(S(=O)(=O)c2ccc(CNC(=O)c3ccccc3)s2)CC1. The highest BCUT2D eigenvalue weighted by molar-refractivity contribution is 7.91. The van der Waals surface area contributed by atoms with Crippen LogP contribution >= 0.6 is 11.3 Å². The fraction of sp³-hybridized carbons (Fsp3) is 0.353. The normalized spacial score (nSPS) is 16.7. The lowest BCUT2D eigenvalue weighted by atomic mass is 10.2. The minimum absolute atomic E-state index is 0.166. The maximum atomic E-state index is 12.7. The fourth-order valence-corrected chi connectivity index (χ4v) is 5.58. The van der Waals surface area contributed by atoms with Crippen molar-refractivity contribution in [3.8, 4) is 0 Å². The predicted octanol–water partition coefficient (Wildman–Crippen LogP) is 0.197. The Morgan fingerprint density at radius 1 is 1.16 bits per heavy atom. The van der Waals surface area contributed by atoms with Gasteiger partial charge < -0.3 is 10.2 Å². The van der Waals surface area contributed by atoms with Crippen molar-refractivity contribution in [3.05, 3.63) is 52.9 Å². The van der Waals surface area contributed by atoms with E-state index in [-0.39, 0.29) is 5.91 Å². The molecule has 6 nitrogen and oxygen atoms in total. The van der Waals surface area contributed by atoms with Crippen molar-refractivity contribution in [3.63, 3.8) is 0 Å².